The lowest BCUT2D eigenvalue weighted by atomic mass is 9.92. The number of likely N-dealkylation sites (N-methyl/N-ethyl adjacent to an activating group) is 1. The van der Waals surface area contributed by atoms with Crippen LogP contribution in [0.1, 0.15) is 57.9 Å². The van der Waals surface area contributed by atoms with Crippen LogP contribution in [-0.4, -0.2) is 71.9 Å². The van der Waals surface area contributed by atoms with E-state index in [-0.39, 0.29) is 29.8 Å². The molecule has 2 amide bonds. The summed E-state index contributed by atoms with van der Waals surface area (Å²) < 4.78 is 0. The molecule has 1 aliphatic carbocycles. The molecule has 0 bridgehead atoms. The first kappa shape index (κ1) is 25.0. The molecule has 6 nitrogen and oxygen atoms in total. The van der Waals surface area contributed by atoms with Crippen LogP contribution in [0.5, 0.6) is 0 Å². The van der Waals surface area contributed by atoms with Gasteiger partial charge >= 0.3 is 0 Å². The molecule has 2 aliphatic rings. The Kier molecular flexibility index (Phi) is 8.97. The van der Waals surface area contributed by atoms with Crippen LogP contribution in [0.2, 0.25) is 5.02 Å². The summed E-state index contributed by atoms with van der Waals surface area (Å²) in [5.41, 5.74) is 4.21. The second kappa shape index (κ2) is 11.5. The molecule has 0 aromatic heterocycles. The Morgan fingerprint density at radius 2 is 1.72 bits per heavy atom. The van der Waals surface area contributed by atoms with Crippen LogP contribution in [-0.2, 0) is 16.0 Å². The molecule has 1 aromatic carbocycles. The molecular weight excluding hydrogens is 424 g/mol. The molecule has 3 rings (SSSR count). The van der Waals surface area contributed by atoms with Gasteiger partial charge in [-0.05, 0) is 57.5 Å². The van der Waals surface area contributed by atoms with Crippen LogP contribution in [0.25, 0.3) is 0 Å². The van der Waals surface area contributed by atoms with Crippen molar-refractivity contribution in [2.75, 3.05) is 27.2 Å². The van der Waals surface area contributed by atoms with Crippen molar-refractivity contribution in [3.63, 3.8) is 0 Å². The Morgan fingerprint density at radius 3 is 2.31 bits per heavy atom. The molecule has 0 spiro atoms. The van der Waals surface area contributed by atoms with Crippen molar-refractivity contribution in [3.8, 4) is 0 Å². The minimum absolute atomic E-state index is 0.00179. The van der Waals surface area contributed by atoms with Crippen molar-refractivity contribution in [3.05, 3.63) is 34.9 Å². The van der Waals surface area contributed by atoms with Gasteiger partial charge in [0.05, 0.1) is 6.04 Å². The van der Waals surface area contributed by atoms with Crippen molar-refractivity contribution < 1.29 is 9.59 Å². The number of hydrogen-bond acceptors (Lipinski definition) is 4. The molecule has 2 atom stereocenters. The zero-order valence-corrected chi connectivity index (χ0v) is 20.8. The highest BCUT2D eigenvalue weighted by atomic mass is 35.5. The summed E-state index contributed by atoms with van der Waals surface area (Å²) in [5, 5.41) is 2.70. The highest BCUT2D eigenvalue weighted by Crippen LogP contribution is 2.28. The van der Waals surface area contributed by atoms with Gasteiger partial charge in [0.25, 0.3) is 5.91 Å². The highest BCUT2D eigenvalue weighted by Gasteiger charge is 2.37. The lowest BCUT2D eigenvalue weighted by Gasteiger charge is -2.39. The third-order valence-corrected chi connectivity index (χ3v) is 7.06. The third-order valence-electron chi connectivity index (χ3n) is 6.81. The average Bonchev–Trinajstić information content (AvgIpc) is 3.21. The van der Waals surface area contributed by atoms with Gasteiger partial charge in [-0.1, -0.05) is 56.8 Å². The van der Waals surface area contributed by atoms with Gasteiger partial charge < -0.3 is 4.90 Å². The summed E-state index contributed by atoms with van der Waals surface area (Å²) in [5.74, 6) is 0.243. The molecule has 0 unspecified atom stereocenters. The summed E-state index contributed by atoms with van der Waals surface area (Å²) in [6, 6.07) is 7.90. The fraction of sp³-hybridized carbons (Fsp3) is 0.680. The zero-order valence-electron chi connectivity index (χ0n) is 20.0. The number of nitrogens with zero attached hydrogens (tertiary/aromatic N) is 3. The Morgan fingerprint density at radius 1 is 1.06 bits per heavy atom. The fourth-order valence-corrected chi connectivity index (χ4v) is 5.10. The number of nitrogens with one attached hydrogen (secondary N) is 1. The predicted octanol–water partition coefficient (Wildman–Crippen LogP) is 3.74. The van der Waals surface area contributed by atoms with Gasteiger partial charge in [-0.15, -0.1) is 0 Å². The van der Waals surface area contributed by atoms with Gasteiger partial charge in [-0.3, -0.25) is 19.9 Å². The van der Waals surface area contributed by atoms with Crippen LogP contribution in [0.3, 0.4) is 0 Å². The standard InChI is InChI=1S/C25H39ClN4O2/c1-18(2)25(32)30(21-8-6-5-7-9-21)22-14-15-29(17-22)27-24(31)23(28(3)4)16-19-10-12-20(26)13-11-19/h10-13,18,21-23H,5-9,14-17H2,1-4H3,(H,27,31)/t22-,23+/m0/s1. The van der Waals surface area contributed by atoms with Gasteiger partial charge in [-0.2, -0.15) is 0 Å². The maximum Gasteiger partial charge on any atom is 0.251 e. The van der Waals surface area contributed by atoms with Crippen LogP contribution in [0.4, 0.5) is 0 Å². The number of benzene rings is 1. The van der Waals surface area contributed by atoms with E-state index < -0.39 is 0 Å². The quantitative estimate of drug-likeness (QED) is 0.639. The number of carbonyl (C=O) groups excluding carboxylic acids is 2. The topological polar surface area (TPSA) is 55.9 Å². The van der Waals surface area contributed by atoms with E-state index >= 15 is 0 Å². The van der Waals surface area contributed by atoms with Crippen molar-refractivity contribution >= 4 is 23.4 Å². The summed E-state index contributed by atoms with van der Waals surface area (Å²) in [6.07, 6.45) is 7.40. The molecular formula is C25H39ClN4O2. The number of carbonyl (C=O) groups is 2. The SMILES string of the molecule is CC(C)C(=O)N(C1CCCCC1)[C@H]1CCN(NC(=O)[C@@H](Cc2ccc(Cl)cc2)N(C)C)C1. The van der Waals surface area contributed by atoms with Gasteiger partial charge in [0.2, 0.25) is 5.91 Å². The lowest BCUT2D eigenvalue weighted by Crippen LogP contribution is -2.53. The average molecular weight is 463 g/mol. The van der Waals surface area contributed by atoms with E-state index in [0.29, 0.717) is 24.0 Å². The lowest BCUT2D eigenvalue weighted by molar-refractivity contribution is -0.140. The monoisotopic (exact) mass is 462 g/mol. The van der Waals surface area contributed by atoms with Crippen LogP contribution < -0.4 is 5.43 Å². The second-order valence-electron chi connectivity index (χ2n) is 9.87. The summed E-state index contributed by atoms with van der Waals surface area (Å²) in [6.45, 7) is 5.45. The largest absolute Gasteiger partial charge is 0.335 e. The van der Waals surface area contributed by atoms with E-state index in [0.717, 1.165) is 31.4 Å². The second-order valence-corrected chi connectivity index (χ2v) is 10.3. The van der Waals surface area contributed by atoms with Gasteiger partial charge in [0.1, 0.15) is 0 Å². The predicted molar refractivity (Wildman–Crippen MR) is 129 cm³/mol. The molecule has 0 radical (unpaired) electrons. The molecule has 7 heteroatoms. The molecule has 1 N–H and O–H groups in total. The van der Waals surface area contributed by atoms with Gasteiger partial charge in [-0.25, -0.2) is 5.01 Å². The summed E-state index contributed by atoms with van der Waals surface area (Å²) in [7, 11) is 3.86. The summed E-state index contributed by atoms with van der Waals surface area (Å²) in [4.78, 5) is 30.3. The summed E-state index contributed by atoms with van der Waals surface area (Å²) >= 11 is 6.00. The van der Waals surface area contributed by atoms with Crippen LogP contribution in [0, 0.1) is 5.92 Å². The van der Waals surface area contributed by atoms with Gasteiger partial charge in [0, 0.05) is 36.1 Å². The molecule has 1 heterocycles. The third kappa shape index (κ3) is 6.46. The number of hydrazine groups is 1. The van der Waals surface area contributed by atoms with E-state index in [1.807, 2.05) is 62.1 Å². The van der Waals surface area contributed by atoms with E-state index in [1.54, 1.807) is 0 Å². The van der Waals surface area contributed by atoms with Crippen molar-refractivity contribution in [2.45, 2.75) is 76.9 Å². The minimum Gasteiger partial charge on any atom is -0.335 e. The van der Waals surface area contributed by atoms with Crippen molar-refractivity contribution in [1.29, 1.82) is 0 Å². The Bertz CT molecular complexity index is 762. The number of hydrogen-bond donors (Lipinski definition) is 1. The van der Waals surface area contributed by atoms with E-state index in [4.69, 9.17) is 11.6 Å². The molecule has 1 saturated heterocycles. The van der Waals surface area contributed by atoms with Crippen molar-refractivity contribution in [2.24, 2.45) is 5.92 Å². The minimum atomic E-state index is -0.276. The highest BCUT2D eigenvalue weighted by molar-refractivity contribution is 6.30. The first-order valence-corrected chi connectivity index (χ1v) is 12.4. The Labute approximate surface area is 198 Å². The molecule has 32 heavy (non-hydrogen) atoms. The van der Waals surface area contributed by atoms with E-state index in [9.17, 15) is 9.59 Å². The first-order chi connectivity index (χ1) is 15.3. The number of rotatable bonds is 8. The van der Waals surface area contributed by atoms with E-state index in [1.165, 1.54) is 19.3 Å². The number of halogens is 1. The Balaban J connectivity index is 1.62. The fourth-order valence-electron chi connectivity index (χ4n) is 4.97. The Hall–Kier alpha value is -1.63. The molecule has 2 fully saturated rings. The van der Waals surface area contributed by atoms with E-state index in [2.05, 4.69) is 10.3 Å². The molecule has 1 saturated carbocycles. The first-order valence-electron chi connectivity index (χ1n) is 12.0. The van der Waals surface area contributed by atoms with Crippen LogP contribution in [0.15, 0.2) is 24.3 Å². The zero-order chi connectivity index (χ0) is 23.3. The molecule has 1 aliphatic heterocycles. The molecule has 1 aromatic rings. The maximum absolute atomic E-state index is 13.1. The van der Waals surface area contributed by atoms with Gasteiger partial charge in [0.15, 0.2) is 0 Å². The van der Waals surface area contributed by atoms with Crippen molar-refractivity contribution in [1.82, 2.24) is 20.2 Å². The van der Waals surface area contributed by atoms with Crippen LogP contribution >= 0.6 is 11.6 Å². The molecule has 178 valence electrons. The maximum atomic E-state index is 13.1. The number of amides is 2. The normalized spacial score (nSPS) is 21.2. The smallest absolute Gasteiger partial charge is 0.251 e.